The molecule has 2 aliphatic carbocycles. The van der Waals surface area contributed by atoms with Gasteiger partial charge in [-0.3, -0.25) is 4.79 Å². The predicted octanol–water partition coefficient (Wildman–Crippen LogP) is 5.04. The fourth-order valence-corrected chi connectivity index (χ4v) is 8.33. The van der Waals surface area contributed by atoms with E-state index in [2.05, 4.69) is 5.32 Å². The molecule has 2 saturated carbocycles. The fraction of sp³-hybridized carbons (Fsp3) is 0.440. The van der Waals surface area contributed by atoms with Crippen LogP contribution in [0.1, 0.15) is 43.0 Å². The number of cyclic esters (lactones) is 1. The topological polar surface area (TPSA) is 92.8 Å². The molecule has 2 unspecified atom stereocenters. The molecular formula is C25H25ClF2N2O5S. The normalized spacial score (nSPS) is 27.7. The maximum atomic E-state index is 13.7. The van der Waals surface area contributed by atoms with E-state index in [0.29, 0.717) is 19.4 Å². The highest BCUT2D eigenvalue weighted by Crippen LogP contribution is 2.49. The zero-order valence-corrected chi connectivity index (χ0v) is 21.0. The second kappa shape index (κ2) is 9.30. The van der Waals surface area contributed by atoms with E-state index in [1.807, 2.05) is 6.92 Å². The summed E-state index contributed by atoms with van der Waals surface area (Å²) in [5.74, 6) is -2.76. The Balaban J connectivity index is 1.36. The van der Waals surface area contributed by atoms with E-state index < -0.39 is 32.6 Å². The van der Waals surface area contributed by atoms with Gasteiger partial charge >= 0.3 is 6.09 Å². The van der Waals surface area contributed by atoms with E-state index in [0.717, 1.165) is 25.0 Å². The molecule has 2 aromatic carbocycles. The Morgan fingerprint density at radius 2 is 1.78 bits per heavy atom. The van der Waals surface area contributed by atoms with E-state index in [1.165, 1.54) is 24.3 Å². The van der Waals surface area contributed by atoms with Crippen LogP contribution in [0.2, 0.25) is 5.02 Å². The van der Waals surface area contributed by atoms with Crippen molar-refractivity contribution in [2.75, 3.05) is 11.9 Å². The summed E-state index contributed by atoms with van der Waals surface area (Å²) in [5, 5.41) is 1.75. The second-order valence-electron chi connectivity index (χ2n) is 9.80. The lowest BCUT2D eigenvalue weighted by Crippen LogP contribution is -2.48. The maximum absolute atomic E-state index is 13.7. The summed E-state index contributed by atoms with van der Waals surface area (Å²) in [4.78, 5) is 26.6. The molecule has 1 aliphatic heterocycles. The molecule has 1 saturated heterocycles. The summed E-state index contributed by atoms with van der Waals surface area (Å²) in [6, 6.07) is 6.84. The van der Waals surface area contributed by atoms with Crippen LogP contribution in [0.5, 0.6) is 0 Å². The second-order valence-corrected chi connectivity index (χ2v) is 12.4. The van der Waals surface area contributed by atoms with Crippen LogP contribution < -0.4 is 5.32 Å². The predicted molar refractivity (Wildman–Crippen MR) is 129 cm³/mol. The Morgan fingerprint density at radius 3 is 2.39 bits per heavy atom. The quantitative estimate of drug-likeness (QED) is 0.575. The number of carbonyl (C=O) groups excluding carboxylic acids is 2. The van der Waals surface area contributed by atoms with Crippen LogP contribution in [-0.4, -0.2) is 49.3 Å². The first-order valence-electron chi connectivity index (χ1n) is 11.8. The van der Waals surface area contributed by atoms with Crippen LogP contribution in [0.4, 0.5) is 19.3 Å². The number of carbonyl (C=O) groups is 2. The highest BCUT2D eigenvalue weighted by atomic mass is 35.5. The summed E-state index contributed by atoms with van der Waals surface area (Å²) >= 11 is 6.29. The Morgan fingerprint density at radius 1 is 1.08 bits per heavy atom. The van der Waals surface area contributed by atoms with E-state index >= 15 is 0 Å². The van der Waals surface area contributed by atoms with Crippen LogP contribution in [0.3, 0.4) is 0 Å². The molecule has 7 nitrogen and oxygen atoms in total. The molecule has 5 atom stereocenters. The van der Waals surface area contributed by atoms with Crippen molar-refractivity contribution in [1.82, 2.24) is 4.90 Å². The van der Waals surface area contributed by atoms with Gasteiger partial charge in [0.15, 0.2) is 21.5 Å². The smallest absolute Gasteiger partial charge is 0.410 e. The average Bonchev–Trinajstić information content (AvgIpc) is 3.28. The fourth-order valence-electron chi connectivity index (χ4n) is 5.89. The summed E-state index contributed by atoms with van der Waals surface area (Å²) in [6.45, 7) is 2.35. The van der Waals surface area contributed by atoms with Crippen molar-refractivity contribution in [3.05, 3.63) is 58.6 Å². The van der Waals surface area contributed by atoms with Gasteiger partial charge in [0.25, 0.3) is 5.91 Å². The van der Waals surface area contributed by atoms with Gasteiger partial charge in [-0.15, -0.1) is 0 Å². The molecule has 1 heterocycles. The Bertz CT molecular complexity index is 1320. The first-order chi connectivity index (χ1) is 17.0. The third kappa shape index (κ3) is 4.45. The molecule has 3 aliphatic rings. The van der Waals surface area contributed by atoms with Gasteiger partial charge < -0.3 is 15.0 Å². The molecule has 2 aromatic rings. The minimum Gasteiger partial charge on any atom is -0.444 e. The SMILES string of the molecule is C[C@@H]1CN(C2[C@@H]3CC[C@H]2CC(S(=O)(=O)c2cc(C(=O)Nc4ccc(F)c(F)c4)ccc2Cl)C3)C(=O)O1. The molecule has 2 bridgehead atoms. The largest absolute Gasteiger partial charge is 0.444 e. The number of nitrogens with one attached hydrogen (secondary N) is 1. The summed E-state index contributed by atoms with van der Waals surface area (Å²) in [5.41, 5.74) is 0.0519. The first kappa shape index (κ1) is 25.0. The third-order valence-corrected chi connectivity index (χ3v) is 10.1. The number of fused-ring (bicyclic) bond motifs is 2. The molecular weight excluding hydrogens is 514 g/mol. The first-order valence-corrected chi connectivity index (χ1v) is 13.7. The van der Waals surface area contributed by atoms with Crippen molar-refractivity contribution in [3.63, 3.8) is 0 Å². The van der Waals surface area contributed by atoms with Crippen molar-refractivity contribution in [2.45, 2.75) is 54.9 Å². The number of hydrogen-bond donors (Lipinski definition) is 1. The molecule has 5 rings (SSSR count). The highest BCUT2D eigenvalue weighted by Gasteiger charge is 2.52. The van der Waals surface area contributed by atoms with Gasteiger partial charge in [-0.25, -0.2) is 22.0 Å². The Labute approximate surface area is 212 Å². The number of amides is 2. The minimum atomic E-state index is -3.89. The lowest BCUT2D eigenvalue weighted by molar-refractivity contribution is 0.102. The van der Waals surface area contributed by atoms with Crippen molar-refractivity contribution in [3.8, 4) is 0 Å². The van der Waals surface area contributed by atoms with Crippen LogP contribution in [0, 0.1) is 23.5 Å². The highest BCUT2D eigenvalue weighted by molar-refractivity contribution is 7.92. The lowest BCUT2D eigenvalue weighted by Gasteiger charge is -2.39. The van der Waals surface area contributed by atoms with E-state index in [9.17, 15) is 26.8 Å². The van der Waals surface area contributed by atoms with Gasteiger partial charge in [0.05, 0.1) is 21.7 Å². The van der Waals surface area contributed by atoms with Crippen molar-refractivity contribution < 1.29 is 31.5 Å². The summed E-state index contributed by atoms with van der Waals surface area (Å²) in [7, 11) is -3.89. The van der Waals surface area contributed by atoms with Crippen LogP contribution in [0.25, 0.3) is 0 Å². The average molecular weight is 539 g/mol. The standard InChI is InChI=1S/C25H25ClF2N2O5S/c1-13-12-30(25(32)35-13)23-14-2-3-15(23)9-18(8-14)36(33,34)22-10-16(4-6-19(22)26)24(31)29-17-5-7-20(27)21(28)11-17/h4-7,10-11,13-15,18,23H,2-3,8-9,12H2,1H3,(H,29,31)/t13-,14-,15+,18?,23?/m1/s1. The number of halogens is 3. The van der Waals surface area contributed by atoms with E-state index in [4.69, 9.17) is 16.3 Å². The molecule has 1 N–H and O–H groups in total. The van der Waals surface area contributed by atoms with Gasteiger partial charge in [-0.05, 0) is 74.8 Å². The van der Waals surface area contributed by atoms with Crippen LogP contribution >= 0.6 is 11.6 Å². The van der Waals surface area contributed by atoms with E-state index in [-0.39, 0.29) is 51.2 Å². The van der Waals surface area contributed by atoms with Gasteiger partial charge in [-0.2, -0.15) is 0 Å². The molecule has 0 radical (unpaired) electrons. The van der Waals surface area contributed by atoms with Gasteiger partial charge in [0, 0.05) is 23.4 Å². The number of anilines is 1. The number of sulfone groups is 1. The van der Waals surface area contributed by atoms with Gasteiger partial charge in [0.2, 0.25) is 0 Å². The molecule has 0 spiro atoms. The van der Waals surface area contributed by atoms with E-state index in [1.54, 1.807) is 4.90 Å². The zero-order chi connectivity index (χ0) is 25.8. The molecule has 11 heteroatoms. The zero-order valence-electron chi connectivity index (χ0n) is 19.4. The molecule has 192 valence electrons. The minimum absolute atomic E-state index is 0.00536. The third-order valence-electron chi connectivity index (χ3n) is 7.47. The Hall–Kier alpha value is -2.72. The molecule has 2 amide bonds. The lowest BCUT2D eigenvalue weighted by atomic mass is 9.83. The number of benzene rings is 2. The monoisotopic (exact) mass is 538 g/mol. The number of hydrogen-bond acceptors (Lipinski definition) is 5. The summed E-state index contributed by atoms with van der Waals surface area (Å²) < 4.78 is 59.3. The number of ether oxygens (including phenoxy) is 1. The Kier molecular flexibility index (Phi) is 6.45. The molecule has 0 aromatic heterocycles. The molecule has 36 heavy (non-hydrogen) atoms. The van der Waals surface area contributed by atoms with Crippen molar-refractivity contribution >= 4 is 39.1 Å². The number of nitrogens with zero attached hydrogens (tertiary/aromatic N) is 1. The maximum Gasteiger partial charge on any atom is 0.410 e. The van der Waals surface area contributed by atoms with Crippen molar-refractivity contribution in [2.24, 2.45) is 11.8 Å². The van der Waals surface area contributed by atoms with Crippen LogP contribution in [0.15, 0.2) is 41.3 Å². The van der Waals surface area contributed by atoms with Crippen molar-refractivity contribution in [1.29, 1.82) is 0 Å². The van der Waals surface area contributed by atoms with Gasteiger partial charge in [0.1, 0.15) is 6.10 Å². The number of rotatable bonds is 5. The summed E-state index contributed by atoms with van der Waals surface area (Å²) in [6.07, 6.45) is 1.94. The van der Waals surface area contributed by atoms with Gasteiger partial charge in [-0.1, -0.05) is 11.6 Å². The van der Waals surface area contributed by atoms with Crippen LogP contribution in [-0.2, 0) is 14.6 Å². The molecule has 3 fully saturated rings.